The second-order valence-electron chi connectivity index (χ2n) is 3.30. The van der Waals surface area contributed by atoms with Gasteiger partial charge in [0.05, 0.1) is 18.7 Å². The first kappa shape index (κ1) is 11.5. The van der Waals surface area contributed by atoms with Crippen LogP contribution in [0, 0.1) is 6.92 Å². The van der Waals surface area contributed by atoms with Gasteiger partial charge in [-0.1, -0.05) is 5.16 Å². The molecule has 2 aromatic heterocycles. The number of thiazole rings is 1. The summed E-state index contributed by atoms with van der Waals surface area (Å²) in [6.45, 7) is 2.11. The Bertz CT molecular complexity index is 522. The van der Waals surface area contributed by atoms with E-state index >= 15 is 0 Å². The highest BCUT2D eigenvalue weighted by atomic mass is 32.1. The van der Waals surface area contributed by atoms with Crippen molar-refractivity contribution in [3.05, 3.63) is 22.8 Å². The van der Waals surface area contributed by atoms with Crippen LogP contribution in [0.4, 0.5) is 5.13 Å². The summed E-state index contributed by atoms with van der Waals surface area (Å²) < 4.78 is 4.81. The molecule has 0 aliphatic heterocycles. The van der Waals surface area contributed by atoms with Gasteiger partial charge in [-0.25, -0.2) is 4.98 Å². The smallest absolute Gasteiger partial charge is 0.309 e. The fraction of sp³-hybridized carbons (Fsp3) is 0.333. The lowest BCUT2D eigenvalue weighted by molar-refractivity contribution is -0.136. The standard InChI is InChI=1S/C9H10N4O3S/c1-5-11-7(13-16-5)3-10-9-12-6(4-17-9)2-8(14)15/h4H,2-3H2,1H3,(H,10,12)(H,14,15). The molecule has 0 fully saturated rings. The number of carboxylic acids is 1. The van der Waals surface area contributed by atoms with Crippen molar-refractivity contribution >= 4 is 22.4 Å². The lowest BCUT2D eigenvalue weighted by atomic mass is 10.3. The lowest BCUT2D eigenvalue weighted by Crippen LogP contribution is -2.03. The van der Waals surface area contributed by atoms with Gasteiger partial charge in [0.15, 0.2) is 11.0 Å². The molecule has 0 saturated carbocycles. The monoisotopic (exact) mass is 254 g/mol. The SMILES string of the molecule is Cc1nc(CNc2nc(CC(=O)O)cs2)no1. The number of carboxylic acid groups (broad SMARTS) is 1. The Morgan fingerprint density at radius 1 is 1.59 bits per heavy atom. The molecule has 0 bridgehead atoms. The highest BCUT2D eigenvalue weighted by Gasteiger charge is 2.07. The Kier molecular flexibility index (Phi) is 3.33. The van der Waals surface area contributed by atoms with Crippen LogP contribution in [0.1, 0.15) is 17.4 Å². The van der Waals surface area contributed by atoms with E-state index in [2.05, 4.69) is 20.4 Å². The molecule has 2 heterocycles. The van der Waals surface area contributed by atoms with Crippen molar-refractivity contribution in [2.24, 2.45) is 0 Å². The summed E-state index contributed by atoms with van der Waals surface area (Å²) in [6.07, 6.45) is -0.0699. The van der Waals surface area contributed by atoms with Crippen molar-refractivity contribution in [1.29, 1.82) is 0 Å². The van der Waals surface area contributed by atoms with Gasteiger partial charge in [-0.2, -0.15) is 4.98 Å². The van der Waals surface area contributed by atoms with Gasteiger partial charge in [-0.3, -0.25) is 4.79 Å². The number of nitrogens with one attached hydrogen (secondary N) is 1. The summed E-state index contributed by atoms with van der Waals surface area (Å²) in [7, 11) is 0. The molecule has 8 heteroatoms. The molecule has 0 radical (unpaired) electrons. The Hall–Kier alpha value is -1.96. The number of aliphatic carboxylic acids is 1. The summed E-state index contributed by atoms with van der Waals surface area (Å²) in [5.74, 6) is 0.153. The summed E-state index contributed by atoms with van der Waals surface area (Å²) in [5, 5.41) is 17.7. The third-order valence-corrected chi connectivity index (χ3v) is 2.70. The van der Waals surface area contributed by atoms with Gasteiger partial charge in [-0.05, 0) is 0 Å². The van der Waals surface area contributed by atoms with Crippen LogP contribution in [0.15, 0.2) is 9.90 Å². The van der Waals surface area contributed by atoms with Crippen molar-refractivity contribution in [3.63, 3.8) is 0 Å². The number of aryl methyl sites for hydroxylation is 1. The molecule has 2 N–H and O–H groups in total. The van der Waals surface area contributed by atoms with Crippen molar-refractivity contribution in [2.75, 3.05) is 5.32 Å². The largest absolute Gasteiger partial charge is 0.481 e. The summed E-state index contributed by atoms with van der Waals surface area (Å²) in [6, 6.07) is 0. The van der Waals surface area contributed by atoms with Crippen LogP contribution in [-0.2, 0) is 17.8 Å². The normalized spacial score (nSPS) is 10.4. The van der Waals surface area contributed by atoms with Gasteiger partial charge in [0, 0.05) is 12.3 Å². The molecule has 0 aromatic carbocycles. The number of hydrogen-bond acceptors (Lipinski definition) is 7. The van der Waals surface area contributed by atoms with Crippen LogP contribution in [0.5, 0.6) is 0 Å². The highest BCUT2D eigenvalue weighted by molar-refractivity contribution is 7.13. The van der Waals surface area contributed by atoms with E-state index in [1.54, 1.807) is 12.3 Å². The molecular formula is C9H10N4O3S. The minimum atomic E-state index is -0.893. The van der Waals surface area contributed by atoms with Crippen LogP contribution in [0.3, 0.4) is 0 Å². The molecule has 90 valence electrons. The zero-order valence-corrected chi connectivity index (χ0v) is 9.82. The molecule has 2 aromatic rings. The maximum atomic E-state index is 10.5. The Morgan fingerprint density at radius 2 is 2.41 bits per heavy atom. The second kappa shape index (κ2) is 4.91. The minimum Gasteiger partial charge on any atom is -0.481 e. The molecule has 0 saturated heterocycles. The average molecular weight is 254 g/mol. The third-order valence-electron chi connectivity index (χ3n) is 1.85. The zero-order chi connectivity index (χ0) is 12.3. The van der Waals surface area contributed by atoms with Crippen molar-refractivity contribution in [3.8, 4) is 0 Å². The molecule has 0 atom stereocenters. The van der Waals surface area contributed by atoms with Crippen LogP contribution in [0.25, 0.3) is 0 Å². The predicted octanol–water partition coefficient (Wildman–Crippen LogP) is 1.07. The first-order chi connectivity index (χ1) is 8.13. The number of nitrogens with zero attached hydrogens (tertiary/aromatic N) is 3. The minimum absolute atomic E-state index is 0.0699. The highest BCUT2D eigenvalue weighted by Crippen LogP contribution is 2.16. The van der Waals surface area contributed by atoms with Crippen LogP contribution >= 0.6 is 11.3 Å². The van der Waals surface area contributed by atoms with E-state index in [9.17, 15) is 4.79 Å². The van der Waals surface area contributed by atoms with Gasteiger partial charge >= 0.3 is 5.97 Å². The summed E-state index contributed by atoms with van der Waals surface area (Å²) in [4.78, 5) is 18.6. The second-order valence-corrected chi connectivity index (χ2v) is 4.16. The van der Waals surface area contributed by atoms with Crippen LogP contribution in [0.2, 0.25) is 0 Å². The van der Waals surface area contributed by atoms with E-state index in [4.69, 9.17) is 9.63 Å². The topological polar surface area (TPSA) is 101 Å². The van der Waals surface area contributed by atoms with E-state index in [1.165, 1.54) is 11.3 Å². The molecule has 0 aliphatic rings. The van der Waals surface area contributed by atoms with Gasteiger partial charge in [-0.15, -0.1) is 11.3 Å². The lowest BCUT2D eigenvalue weighted by Gasteiger charge is -1.96. The molecule has 0 amide bonds. The van der Waals surface area contributed by atoms with Crippen molar-refractivity contribution in [1.82, 2.24) is 15.1 Å². The Balaban J connectivity index is 1.91. The van der Waals surface area contributed by atoms with Crippen molar-refractivity contribution in [2.45, 2.75) is 19.9 Å². The van der Waals surface area contributed by atoms with Gasteiger partial charge in [0.1, 0.15) is 0 Å². The molecule has 7 nitrogen and oxygen atoms in total. The van der Waals surface area contributed by atoms with E-state index in [0.29, 0.717) is 29.1 Å². The summed E-state index contributed by atoms with van der Waals surface area (Å²) >= 11 is 1.35. The number of anilines is 1. The first-order valence-electron chi connectivity index (χ1n) is 4.83. The first-order valence-corrected chi connectivity index (χ1v) is 5.70. The molecule has 0 spiro atoms. The number of carbonyl (C=O) groups is 1. The zero-order valence-electron chi connectivity index (χ0n) is 9.01. The fourth-order valence-corrected chi connectivity index (χ4v) is 1.90. The van der Waals surface area contributed by atoms with Crippen LogP contribution < -0.4 is 5.32 Å². The van der Waals surface area contributed by atoms with Gasteiger partial charge < -0.3 is 14.9 Å². The number of aromatic nitrogens is 3. The molecule has 17 heavy (non-hydrogen) atoms. The Morgan fingerprint density at radius 3 is 3.06 bits per heavy atom. The van der Waals surface area contributed by atoms with Gasteiger partial charge in [0.2, 0.25) is 5.89 Å². The van der Waals surface area contributed by atoms with Crippen LogP contribution in [-0.4, -0.2) is 26.2 Å². The van der Waals surface area contributed by atoms with E-state index in [-0.39, 0.29) is 6.42 Å². The quantitative estimate of drug-likeness (QED) is 0.822. The van der Waals surface area contributed by atoms with Crippen molar-refractivity contribution < 1.29 is 14.4 Å². The third kappa shape index (κ3) is 3.25. The summed E-state index contributed by atoms with van der Waals surface area (Å²) in [5.41, 5.74) is 0.536. The van der Waals surface area contributed by atoms with E-state index in [0.717, 1.165) is 0 Å². The number of rotatable bonds is 5. The fourth-order valence-electron chi connectivity index (χ4n) is 1.19. The van der Waals surface area contributed by atoms with Gasteiger partial charge in [0.25, 0.3) is 0 Å². The molecule has 2 rings (SSSR count). The predicted molar refractivity (Wildman–Crippen MR) is 59.8 cm³/mol. The van der Waals surface area contributed by atoms with E-state index in [1.807, 2.05) is 0 Å². The molecule has 0 unspecified atom stereocenters. The molecule has 0 aliphatic carbocycles. The maximum Gasteiger partial charge on any atom is 0.309 e. The Labute approximate surface area is 100 Å². The average Bonchev–Trinajstić information content (AvgIpc) is 2.84. The molecular weight excluding hydrogens is 244 g/mol. The van der Waals surface area contributed by atoms with E-state index < -0.39 is 5.97 Å². The maximum absolute atomic E-state index is 10.5. The number of hydrogen-bond donors (Lipinski definition) is 2.